The number of rotatable bonds is 3. The molecule has 0 atom stereocenters. The summed E-state index contributed by atoms with van der Waals surface area (Å²) in [6, 6.07) is 11.2. The number of nitrogens with one attached hydrogen (secondary N) is 1. The van der Waals surface area contributed by atoms with E-state index in [1.807, 2.05) is 19.1 Å². The highest BCUT2D eigenvalue weighted by atomic mass is 35.5. The fraction of sp³-hybridized carbons (Fsp3) is 0.133. The van der Waals surface area contributed by atoms with E-state index in [0.717, 1.165) is 18.1 Å². The van der Waals surface area contributed by atoms with E-state index in [-0.39, 0.29) is 10.9 Å². The van der Waals surface area contributed by atoms with Gasteiger partial charge in [0.2, 0.25) is 0 Å². The topological polar surface area (TPSA) is 29.1 Å². The zero-order valence-corrected chi connectivity index (χ0v) is 11.2. The second kappa shape index (κ2) is 5.85. The number of hydrogen-bond donors (Lipinski definition) is 1. The van der Waals surface area contributed by atoms with E-state index in [1.54, 1.807) is 12.1 Å². The molecule has 0 aliphatic carbocycles. The second-order valence-corrected chi connectivity index (χ2v) is 4.54. The van der Waals surface area contributed by atoms with Crippen molar-refractivity contribution in [3.8, 4) is 0 Å². The van der Waals surface area contributed by atoms with Crippen LogP contribution in [0.2, 0.25) is 5.02 Å². The summed E-state index contributed by atoms with van der Waals surface area (Å²) in [4.78, 5) is 12.0. The number of amides is 1. The van der Waals surface area contributed by atoms with Crippen LogP contribution in [0.3, 0.4) is 0 Å². The van der Waals surface area contributed by atoms with Crippen molar-refractivity contribution in [3.63, 3.8) is 0 Å². The van der Waals surface area contributed by atoms with Gasteiger partial charge in [0.05, 0.1) is 10.7 Å². The Balaban J connectivity index is 2.15. The van der Waals surface area contributed by atoms with Gasteiger partial charge in [-0.1, -0.05) is 30.7 Å². The molecule has 0 unspecified atom stereocenters. The molecule has 98 valence electrons. The molecule has 1 amide bonds. The van der Waals surface area contributed by atoms with Crippen molar-refractivity contribution in [2.45, 2.75) is 13.3 Å². The predicted molar refractivity (Wildman–Crippen MR) is 75.2 cm³/mol. The minimum absolute atomic E-state index is 0.179. The van der Waals surface area contributed by atoms with E-state index in [4.69, 9.17) is 11.6 Å². The van der Waals surface area contributed by atoms with Crippen LogP contribution in [0.4, 0.5) is 10.1 Å². The summed E-state index contributed by atoms with van der Waals surface area (Å²) in [5.41, 5.74) is 2.10. The summed E-state index contributed by atoms with van der Waals surface area (Å²) in [5, 5.41) is 2.83. The van der Waals surface area contributed by atoms with Crippen LogP contribution in [-0.4, -0.2) is 5.91 Å². The van der Waals surface area contributed by atoms with Crippen molar-refractivity contribution in [2.24, 2.45) is 0 Å². The monoisotopic (exact) mass is 277 g/mol. The van der Waals surface area contributed by atoms with E-state index in [9.17, 15) is 9.18 Å². The molecule has 4 heteroatoms. The maximum Gasteiger partial charge on any atom is 0.255 e. The lowest BCUT2D eigenvalue weighted by molar-refractivity contribution is 0.102. The van der Waals surface area contributed by atoms with Gasteiger partial charge in [-0.3, -0.25) is 4.79 Å². The number of benzene rings is 2. The lowest BCUT2D eigenvalue weighted by Gasteiger charge is -2.07. The molecule has 2 aromatic carbocycles. The van der Waals surface area contributed by atoms with Crippen LogP contribution in [0.25, 0.3) is 0 Å². The van der Waals surface area contributed by atoms with Crippen LogP contribution in [-0.2, 0) is 6.42 Å². The summed E-state index contributed by atoms with van der Waals surface area (Å²) in [5.74, 6) is -0.702. The van der Waals surface area contributed by atoms with Gasteiger partial charge in [-0.2, -0.15) is 0 Å². The Kier molecular flexibility index (Phi) is 4.17. The molecule has 19 heavy (non-hydrogen) atoms. The lowest BCUT2D eigenvalue weighted by Crippen LogP contribution is -2.12. The van der Waals surface area contributed by atoms with Gasteiger partial charge >= 0.3 is 0 Å². The van der Waals surface area contributed by atoms with Gasteiger partial charge in [-0.15, -0.1) is 0 Å². The Morgan fingerprint density at radius 1 is 1.21 bits per heavy atom. The van der Waals surface area contributed by atoms with Crippen molar-refractivity contribution in [1.82, 2.24) is 0 Å². The molecule has 2 rings (SSSR count). The lowest BCUT2D eigenvalue weighted by atomic mass is 10.1. The van der Waals surface area contributed by atoms with Crippen LogP contribution < -0.4 is 5.32 Å². The van der Waals surface area contributed by atoms with Gasteiger partial charge in [-0.05, 0) is 42.3 Å². The number of halogens is 2. The Labute approximate surface area is 116 Å². The first-order chi connectivity index (χ1) is 9.10. The normalized spacial score (nSPS) is 10.3. The molecular weight excluding hydrogens is 265 g/mol. The second-order valence-electron chi connectivity index (χ2n) is 4.13. The molecule has 0 radical (unpaired) electrons. The highest BCUT2D eigenvalue weighted by Crippen LogP contribution is 2.23. The van der Waals surface area contributed by atoms with Crippen molar-refractivity contribution < 1.29 is 9.18 Å². The van der Waals surface area contributed by atoms with E-state index in [0.29, 0.717) is 11.3 Å². The molecule has 2 aromatic rings. The molecule has 0 aromatic heterocycles. The highest BCUT2D eigenvalue weighted by molar-refractivity contribution is 6.33. The van der Waals surface area contributed by atoms with Gasteiger partial charge < -0.3 is 5.32 Å². The van der Waals surface area contributed by atoms with Crippen molar-refractivity contribution in [3.05, 3.63) is 64.4 Å². The SMILES string of the molecule is CCc1ccc(C(=O)Nc2ccc(F)cc2Cl)cc1. The summed E-state index contributed by atoms with van der Waals surface area (Å²) in [6.45, 7) is 2.05. The maximum atomic E-state index is 12.9. The first-order valence-electron chi connectivity index (χ1n) is 5.95. The Bertz CT molecular complexity index is 596. The zero-order valence-electron chi connectivity index (χ0n) is 10.4. The molecule has 1 N–H and O–H groups in total. The largest absolute Gasteiger partial charge is 0.321 e. The van der Waals surface area contributed by atoms with Crippen LogP contribution in [0.1, 0.15) is 22.8 Å². The molecule has 0 fully saturated rings. The fourth-order valence-corrected chi connectivity index (χ4v) is 1.89. The number of aryl methyl sites for hydroxylation is 1. The predicted octanol–water partition coefficient (Wildman–Crippen LogP) is 4.29. The number of hydrogen-bond acceptors (Lipinski definition) is 1. The third-order valence-electron chi connectivity index (χ3n) is 2.80. The Morgan fingerprint density at radius 3 is 2.47 bits per heavy atom. The van der Waals surface area contributed by atoms with Gasteiger partial charge in [0.25, 0.3) is 5.91 Å². The third kappa shape index (κ3) is 3.32. The standard InChI is InChI=1S/C15H13ClFNO/c1-2-10-3-5-11(6-4-10)15(19)18-14-8-7-12(17)9-13(14)16/h3-9H,2H2,1H3,(H,18,19). The summed E-state index contributed by atoms with van der Waals surface area (Å²) in [6.07, 6.45) is 0.922. The van der Waals surface area contributed by atoms with E-state index in [2.05, 4.69) is 5.32 Å². The van der Waals surface area contributed by atoms with Crippen molar-refractivity contribution >= 4 is 23.2 Å². The fourth-order valence-electron chi connectivity index (χ4n) is 1.68. The molecule has 0 bridgehead atoms. The van der Waals surface area contributed by atoms with Crippen LogP contribution in [0.5, 0.6) is 0 Å². The van der Waals surface area contributed by atoms with E-state index >= 15 is 0 Å². The van der Waals surface area contributed by atoms with E-state index < -0.39 is 5.82 Å². The molecular formula is C15H13ClFNO. The van der Waals surface area contributed by atoms with Crippen LogP contribution in [0.15, 0.2) is 42.5 Å². The van der Waals surface area contributed by atoms with Gasteiger partial charge in [0.15, 0.2) is 0 Å². The minimum Gasteiger partial charge on any atom is -0.321 e. The van der Waals surface area contributed by atoms with Crippen LogP contribution >= 0.6 is 11.6 Å². The summed E-state index contributed by atoms with van der Waals surface area (Å²) >= 11 is 5.85. The number of carbonyl (C=O) groups is 1. The maximum absolute atomic E-state index is 12.9. The van der Waals surface area contributed by atoms with Crippen molar-refractivity contribution in [2.75, 3.05) is 5.32 Å². The molecule has 0 saturated carbocycles. The number of anilines is 1. The third-order valence-corrected chi connectivity index (χ3v) is 3.12. The quantitative estimate of drug-likeness (QED) is 0.891. The molecule has 0 aliphatic rings. The Morgan fingerprint density at radius 2 is 1.89 bits per heavy atom. The van der Waals surface area contributed by atoms with Crippen LogP contribution in [0, 0.1) is 5.82 Å². The molecule has 0 spiro atoms. The van der Waals surface area contributed by atoms with Gasteiger partial charge in [-0.25, -0.2) is 4.39 Å². The smallest absolute Gasteiger partial charge is 0.255 e. The highest BCUT2D eigenvalue weighted by Gasteiger charge is 2.08. The Hall–Kier alpha value is -1.87. The van der Waals surface area contributed by atoms with Gasteiger partial charge in [0, 0.05) is 5.56 Å². The molecule has 2 nitrogen and oxygen atoms in total. The first-order valence-corrected chi connectivity index (χ1v) is 6.33. The molecule has 0 aliphatic heterocycles. The molecule has 0 heterocycles. The molecule has 0 saturated heterocycles. The van der Waals surface area contributed by atoms with E-state index in [1.165, 1.54) is 12.1 Å². The van der Waals surface area contributed by atoms with Gasteiger partial charge in [0.1, 0.15) is 5.82 Å². The summed E-state index contributed by atoms with van der Waals surface area (Å²) < 4.78 is 12.9. The summed E-state index contributed by atoms with van der Waals surface area (Å²) in [7, 11) is 0. The average molecular weight is 278 g/mol. The van der Waals surface area contributed by atoms with Crippen molar-refractivity contribution in [1.29, 1.82) is 0 Å². The number of carbonyl (C=O) groups excluding carboxylic acids is 1. The first kappa shape index (κ1) is 13.6. The average Bonchev–Trinajstić information content (AvgIpc) is 2.42. The minimum atomic E-state index is -0.435. The zero-order chi connectivity index (χ0) is 13.8.